The number of nitro groups is 1. The van der Waals surface area contributed by atoms with Gasteiger partial charge in [0.15, 0.2) is 0 Å². The molecule has 0 saturated carbocycles. The normalized spacial score (nSPS) is 10.4. The molecule has 0 heterocycles. The van der Waals surface area contributed by atoms with Crippen LogP contribution in [0.5, 0.6) is 0 Å². The zero-order chi connectivity index (χ0) is 15.8. The fraction of sp³-hybridized carbons (Fsp3) is 0.250. The zero-order valence-corrected chi connectivity index (χ0v) is 12.9. The third kappa shape index (κ3) is 5.05. The first kappa shape index (κ1) is 16.3. The molecule has 0 aromatic heterocycles. The summed E-state index contributed by atoms with van der Waals surface area (Å²) in [6.07, 6.45) is 0.789. The summed E-state index contributed by atoms with van der Waals surface area (Å²) in [5.41, 5.74) is 1.95. The number of hydrogen-bond acceptors (Lipinski definition) is 5. The van der Waals surface area contributed by atoms with Crippen LogP contribution in [0.25, 0.3) is 0 Å². The lowest BCUT2D eigenvalue weighted by Crippen LogP contribution is -2.00. The van der Waals surface area contributed by atoms with Crippen LogP contribution in [0.1, 0.15) is 12.0 Å². The van der Waals surface area contributed by atoms with Crippen molar-refractivity contribution in [1.29, 1.82) is 0 Å². The van der Waals surface area contributed by atoms with Gasteiger partial charge >= 0.3 is 0 Å². The number of non-ortho nitro benzene ring substituents is 1. The number of thioether (sulfide) groups is 1. The molecule has 0 aliphatic rings. The molecule has 0 bridgehead atoms. The molecule has 0 aliphatic heterocycles. The monoisotopic (exact) mass is 318 g/mol. The molecule has 0 aliphatic carbocycles. The van der Waals surface area contributed by atoms with Crippen molar-refractivity contribution in [3.05, 3.63) is 64.2 Å². The van der Waals surface area contributed by atoms with Crippen LogP contribution >= 0.6 is 11.8 Å². The molecule has 22 heavy (non-hydrogen) atoms. The van der Waals surface area contributed by atoms with Crippen molar-refractivity contribution in [1.82, 2.24) is 0 Å². The topological polar surface area (TPSA) is 75.4 Å². The van der Waals surface area contributed by atoms with E-state index in [1.165, 1.54) is 6.07 Å². The molecule has 0 spiro atoms. The van der Waals surface area contributed by atoms with Gasteiger partial charge in [0.2, 0.25) is 0 Å². The number of anilines is 1. The number of rotatable bonds is 8. The van der Waals surface area contributed by atoms with Gasteiger partial charge in [0.1, 0.15) is 0 Å². The molecule has 116 valence electrons. The lowest BCUT2D eigenvalue weighted by molar-refractivity contribution is -0.384. The van der Waals surface area contributed by atoms with Crippen molar-refractivity contribution in [2.24, 2.45) is 0 Å². The molecule has 2 aromatic carbocycles. The molecule has 6 heteroatoms. The highest BCUT2D eigenvalue weighted by Crippen LogP contribution is 2.21. The smallest absolute Gasteiger partial charge is 0.269 e. The fourth-order valence-corrected chi connectivity index (χ4v) is 2.75. The van der Waals surface area contributed by atoms with Gasteiger partial charge < -0.3 is 10.4 Å². The van der Waals surface area contributed by atoms with Crippen molar-refractivity contribution in [3.8, 4) is 0 Å². The van der Waals surface area contributed by atoms with Crippen molar-refractivity contribution in [3.63, 3.8) is 0 Å². The molecule has 2 aromatic rings. The number of benzene rings is 2. The first-order valence-corrected chi connectivity index (χ1v) is 7.98. The van der Waals surface area contributed by atoms with Gasteiger partial charge in [-0.05, 0) is 36.2 Å². The van der Waals surface area contributed by atoms with Crippen LogP contribution < -0.4 is 5.32 Å². The van der Waals surface area contributed by atoms with E-state index in [-0.39, 0.29) is 17.2 Å². The van der Waals surface area contributed by atoms with Crippen molar-refractivity contribution < 1.29 is 10.0 Å². The van der Waals surface area contributed by atoms with Gasteiger partial charge in [-0.1, -0.05) is 12.1 Å². The Morgan fingerprint density at radius 3 is 2.64 bits per heavy atom. The van der Waals surface area contributed by atoms with E-state index in [9.17, 15) is 10.1 Å². The highest BCUT2D eigenvalue weighted by molar-refractivity contribution is 7.99. The van der Waals surface area contributed by atoms with Crippen LogP contribution in [0.15, 0.2) is 53.4 Å². The number of aliphatic hydroxyl groups is 1. The van der Waals surface area contributed by atoms with E-state index >= 15 is 0 Å². The van der Waals surface area contributed by atoms with Crippen LogP contribution in [0.2, 0.25) is 0 Å². The summed E-state index contributed by atoms with van der Waals surface area (Å²) < 4.78 is 0. The quantitative estimate of drug-likeness (QED) is 0.336. The number of nitrogens with one attached hydrogen (secondary N) is 1. The Morgan fingerprint density at radius 2 is 1.95 bits per heavy atom. The molecule has 0 unspecified atom stereocenters. The number of nitrogens with zero attached hydrogens (tertiary/aromatic N) is 1. The number of hydrogen-bond donors (Lipinski definition) is 2. The van der Waals surface area contributed by atoms with Crippen LogP contribution in [0.3, 0.4) is 0 Å². The minimum atomic E-state index is -0.387. The third-order valence-electron chi connectivity index (χ3n) is 3.04. The SMILES string of the molecule is O=[N+]([O-])c1cccc(CNc2ccc(SCCCO)cc2)c1. The van der Waals surface area contributed by atoms with Crippen molar-refractivity contribution >= 4 is 23.1 Å². The van der Waals surface area contributed by atoms with Gasteiger partial charge in [0.25, 0.3) is 5.69 Å². The molecular weight excluding hydrogens is 300 g/mol. The third-order valence-corrected chi connectivity index (χ3v) is 4.14. The molecule has 0 amide bonds. The summed E-state index contributed by atoms with van der Waals surface area (Å²) in [5.74, 6) is 0.900. The average molecular weight is 318 g/mol. The van der Waals surface area contributed by atoms with Crippen LogP contribution in [-0.2, 0) is 6.54 Å². The van der Waals surface area contributed by atoms with E-state index < -0.39 is 0 Å². The maximum absolute atomic E-state index is 10.7. The van der Waals surface area contributed by atoms with Crippen LogP contribution in [-0.4, -0.2) is 22.4 Å². The second-order valence-corrected chi connectivity index (χ2v) is 5.90. The van der Waals surface area contributed by atoms with Gasteiger partial charge in [0, 0.05) is 41.6 Å². The van der Waals surface area contributed by atoms with Gasteiger partial charge in [-0.3, -0.25) is 10.1 Å². The van der Waals surface area contributed by atoms with Crippen molar-refractivity contribution in [2.45, 2.75) is 17.9 Å². The Labute approximate surface area is 133 Å². The summed E-state index contributed by atoms with van der Waals surface area (Å²) in [5, 5.41) is 22.7. The Balaban J connectivity index is 1.89. The van der Waals surface area contributed by atoms with E-state index in [1.54, 1.807) is 23.9 Å². The van der Waals surface area contributed by atoms with E-state index in [1.807, 2.05) is 30.3 Å². The summed E-state index contributed by atoms with van der Waals surface area (Å²) in [6, 6.07) is 14.6. The summed E-state index contributed by atoms with van der Waals surface area (Å²) in [4.78, 5) is 11.5. The van der Waals surface area contributed by atoms with Gasteiger partial charge in [-0.15, -0.1) is 11.8 Å². The maximum atomic E-state index is 10.7. The van der Waals surface area contributed by atoms with Crippen LogP contribution in [0.4, 0.5) is 11.4 Å². The lowest BCUT2D eigenvalue weighted by atomic mass is 10.2. The summed E-state index contributed by atoms with van der Waals surface area (Å²) >= 11 is 1.71. The molecule has 2 rings (SSSR count). The highest BCUT2D eigenvalue weighted by Gasteiger charge is 2.05. The zero-order valence-electron chi connectivity index (χ0n) is 12.1. The Kier molecular flexibility index (Phi) is 6.24. The predicted octanol–water partition coefficient (Wildman–Crippen LogP) is 3.68. The molecule has 0 atom stereocenters. The first-order chi connectivity index (χ1) is 10.7. The van der Waals surface area contributed by atoms with Gasteiger partial charge in [0.05, 0.1) is 4.92 Å². The Morgan fingerprint density at radius 1 is 1.18 bits per heavy atom. The summed E-state index contributed by atoms with van der Waals surface area (Å²) in [7, 11) is 0. The summed E-state index contributed by atoms with van der Waals surface area (Å²) in [6.45, 7) is 0.758. The molecule has 5 nitrogen and oxygen atoms in total. The van der Waals surface area contributed by atoms with E-state index in [4.69, 9.17) is 5.11 Å². The molecule has 2 N–H and O–H groups in total. The van der Waals surface area contributed by atoms with E-state index in [0.29, 0.717) is 6.54 Å². The predicted molar refractivity (Wildman–Crippen MR) is 89.3 cm³/mol. The molecular formula is C16H18N2O3S. The van der Waals surface area contributed by atoms with Gasteiger partial charge in [-0.2, -0.15) is 0 Å². The van der Waals surface area contributed by atoms with E-state index in [2.05, 4.69) is 5.32 Å². The first-order valence-electron chi connectivity index (χ1n) is 7.00. The average Bonchev–Trinajstić information content (AvgIpc) is 2.54. The number of aliphatic hydroxyl groups excluding tert-OH is 1. The van der Waals surface area contributed by atoms with Crippen LogP contribution in [0, 0.1) is 10.1 Å². The molecule has 0 fully saturated rings. The largest absolute Gasteiger partial charge is 0.396 e. The van der Waals surface area contributed by atoms with Gasteiger partial charge in [-0.25, -0.2) is 0 Å². The minimum absolute atomic E-state index is 0.106. The Hall–Kier alpha value is -2.05. The lowest BCUT2D eigenvalue weighted by Gasteiger charge is -2.07. The molecule has 0 radical (unpaired) electrons. The van der Waals surface area contributed by atoms with E-state index in [0.717, 1.165) is 28.3 Å². The maximum Gasteiger partial charge on any atom is 0.269 e. The second-order valence-electron chi connectivity index (χ2n) is 4.73. The highest BCUT2D eigenvalue weighted by atomic mass is 32.2. The molecule has 0 saturated heterocycles. The second kappa shape index (κ2) is 8.41. The standard InChI is InChI=1S/C16H18N2O3S/c19-9-2-10-22-16-7-5-14(6-8-16)17-12-13-3-1-4-15(11-13)18(20)21/h1,3-8,11,17,19H,2,9-10,12H2. The minimum Gasteiger partial charge on any atom is -0.396 e. The Bertz CT molecular complexity index is 617. The number of nitro benzene ring substituents is 1. The van der Waals surface area contributed by atoms with Crippen molar-refractivity contribution in [2.75, 3.05) is 17.7 Å². The fourth-order valence-electron chi connectivity index (χ4n) is 1.91.